The Morgan fingerprint density at radius 3 is 2.67 bits per heavy atom. The van der Waals surface area contributed by atoms with Gasteiger partial charge in [0, 0.05) is 23.1 Å². The van der Waals surface area contributed by atoms with Crippen LogP contribution in [0.15, 0.2) is 28.7 Å². The van der Waals surface area contributed by atoms with Crippen molar-refractivity contribution in [2.45, 2.75) is 38.0 Å². The third kappa shape index (κ3) is 4.20. The molecule has 118 valence electrons. The number of halogens is 4. The zero-order valence-electron chi connectivity index (χ0n) is 11.9. The molecule has 1 heterocycles. The topological polar surface area (TPSA) is 29.3 Å². The van der Waals surface area contributed by atoms with Crippen LogP contribution >= 0.6 is 15.9 Å². The zero-order chi connectivity index (χ0) is 15.6. The standard InChI is InChI=1S/C15H20BrF3N2/c1-10(20)14(11-4-2-6-13(16)8-11)21-7-3-5-12(9-21)15(17,18)19/h2,4,6,8,10,12,14H,3,5,7,9,20H2,1H3. The molecule has 0 aliphatic carbocycles. The molecule has 1 aliphatic heterocycles. The lowest BCUT2D eigenvalue weighted by Gasteiger charge is -2.40. The van der Waals surface area contributed by atoms with Gasteiger partial charge in [-0.3, -0.25) is 4.90 Å². The minimum atomic E-state index is -4.13. The van der Waals surface area contributed by atoms with Crippen LogP contribution in [0.3, 0.4) is 0 Å². The van der Waals surface area contributed by atoms with Crippen LogP contribution in [0.2, 0.25) is 0 Å². The van der Waals surface area contributed by atoms with E-state index in [2.05, 4.69) is 15.9 Å². The number of benzene rings is 1. The van der Waals surface area contributed by atoms with E-state index in [-0.39, 0.29) is 25.0 Å². The Labute approximate surface area is 131 Å². The summed E-state index contributed by atoms with van der Waals surface area (Å²) in [4.78, 5) is 1.88. The molecule has 3 unspecified atom stereocenters. The fraction of sp³-hybridized carbons (Fsp3) is 0.600. The van der Waals surface area contributed by atoms with Gasteiger partial charge in [-0.15, -0.1) is 0 Å². The zero-order valence-corrected chi connectivity index (χ0v) is 13.5. The normalized spacial score (nSPS) is 23.8. The molecule has 1 saturated heterocycles. The average Bonchev–Trinajstić information content (AvgIpc) is 2.38. The maximum Gasteiger partial charge on any atom is 0.393 e. The van der Waals surface area contributed by atoms with Crippen molar-refractivity contribution < 1.29 is 13.2 Å². The minimum absolute atomic E-state index is 0.0300. The van der Waals surface area contributed by atoms with Crippen LogP contribution in [0.4, 0.5) is 13.2 Å². The van der Waals surface area contributed by atoms with E-state index < -0.39 is 12.1 Å². The van der Waals surface area contributed by atoms with Crippen molar-refractivity contribution in [3.8, 4) is 0 Å². The summed E-state index contributed by atoms with van der Waals surface area (Å²) >= 11 is 3.41. The quantitative estimate of drug-likeness (QED) is 0.874. The third-order valence-electron chi connectivity index (χ3n) is 4.00. The molecule has 1 aromatic carbocycles. The second-order valence-electron chi connectivity index (χ2n) is 5.73. The molecule has 0 aromatic heterocycles. The first-order valence-corrected chi connectivity index (χ1v) is 7.90. The Morgan fingerprint density at radius 2 is 2.10 bits per heavy atom. The molecule has 1 fully saturated rings. The second-order valence-corrected chi connectivity index (χ2v) is 6.65. The third-order valence-corrected chi connectivity index (χ3v) is 4.49. The molecule has 0 amide bonds. The molecule has 3 atom stereocenters. The van der Waals surface area contributed by atoms with Gasteiger partial charge in [0.1, 0.15) is 0 Å². The van der Waals surface area contributed by atoms with Crippen molar-refractivity contribution in [1.82, 2.24) is 4.90 Å². The summed E-state index contributed by atoms with van der Waals surface area (Å²) in [5.74, 6) is -1.25. The van der Waals surface area contributed by atoms with Crippen LogP contribution in [0, 0.1) is 5.92 Å². The highest BCUT2D eigenvalue weighted by Crippen LogP contribution is 2.37. The first kappa shape index (κ1) is 16.8. The smallest absolute Gasteiger partial charge is 0.326 e. The molecule has 6 heteroatoms. The summed E-state index contributed by atoms with van der Waals surface area (Å²) in [5.41, 5.74) is 7.03. The minimum Gasteiger partial charge on any atom is -0.326 e. The number of alkyl halides is 3. The molecule has 2 N–H and O–H groups in total. The Bertz CT molecular complexity index is 476. The number of nitrogens with zero attached hydrogens (tertiary/aromatic N) is 1. The Balaban J connectivity index is 2.22. The van der Waals surface area contributed by atoms with Gasteiger partial charge < -0.3 is 5.73 Å². The summed E-state index contributed by atoms with van der Waals surface area (Å²) in [6, 6.07) is 7.23. The SMILES string of the molecule is CC(N)C(c1cccc(Br)c1)N1CCCC(C(F)(F)F)C1. The lowest BCUT2D eigenvalue weighted by Crippen LogP contribution is -2.47. The van der Waals surface area contributed by atoms with Gasteiger partial charge in [-0.25, -0.2) is 0 Å². The Kier molecular flexibility index (Phi) is 5.33. The molecule has 1 aliphatic rings. The van der Waals surface area contributed by atoms with E-state index in [1.165, 1.54) is 0 Å². The molecule has 0 bridgehead atoms. The summed E-state index contributed by atoms with van der Waals surface area (Å²) in [5, 5.41) is 0. The molecule has 2 nitrogen and oxygen atoms in total. The van der Waals surface area contributed by atoms with E-state index >= 15 is 0 Å². The van der Waals surface area contributed by atoms with Gasteiger partial charge in [0.05, 0.1) is 5.92 Å². The van der Waals surface area contributed by atoms with Crippen molar-refractivity contribution in [3.63, 3.8) is 0 Å². The molecule has 0 radical (unpaired) electrons. The number of likely N-dealkylation sites (tertiary alicyclic amines) is 1. The summed E-state index contributed by atoms with van der Waals surface area (Å²) in [6.45, 7) is 2.54. The molecule has 1 aromatic rings. The molecule has 21 heavy (non-hydrogen) atoms. The van der Waals surface area contributed by atoms with Gasteiger partial charge in [0.15, 0.2) is 0 Å². The summed E-state index contributed by atoms with van der Waals surface area (Å²) in [6.07, 6.45) is -3.36. The maximum absolute atomic E-state index is 13.0. The number of rotatable bonds is 3. The van der Waals surface area contributed by atoms with Crippen molar-refractivity contribution in [2.24, 2.45) is 11.7 Å². The number of piperidine rings is 1. The van der Waals surface area contributed by atoms with E-state index in [1.54, 1.807) is 0 Å². The highest BCUT2D eigenvalue weighted by atomic mass is 79.9. The number of hydrogen-bond acceptors (Lipinski definition) is 2. The van der Waals surface area contributed by atoms with Crippen LogP contribution in [0.25, 0.3) is 0 Å². The monoisotopic (exact) mass is 364 g/mol. The van der Waals surface area contributed by atoms with E-state index in [0.29, 0.717) is 13.0 Å². The van der Waals surface area contributed by atoms with E-state index in [1.807, 2.05) is 36.1 Å². The van der Waals surface area contributed by atoms with E-state index in [4.69, 9.17) is 5.73 Å². The molecule has 2 rings (SSSR count). The summed E-state index contributed by atoms with van der Waals surface area (Å²) in [7, 11) is 0. The van der Waals surface area contributed by atoms with Gasteiger partial charge in [0.25, 0.3) is 0 Å². The van der Waals surface area contributed by atoms with Crippen molar-refractivity contribution >= 4 is 15.9 Å². The Morgan fingerprint density at radius 1 is 1.38 bits per heavy atom. The Hall–Kier alpha value is -0.590. The van der Waals surface area contributed by atoms with Gasteiger partial charge in [-0.1, -0.05) is 28.1 Å². The number of nitrogens with two attached hydrogens (primary N) is 1. The highest BCUT2D eigenvalue weighted by Gasteiger charge is 2.43. The van der Waals surface area contributed by atoms with Crippen LogP contribution < -0.4 is 5.73 Å². The lowest BCUT2D eigenvalue weighted by atomic mass is 9.92. The number of hydrogen-bond donors (Lipinski definition) is 1. The van der Waals surface area contributed by atoms with Gasteiger partial charge >= 0.3 is 6.18 Å². The van der Waals surface area contributed by atoms with Crippen molar-refractivity contribution in [3.05, 3.63) is 34.3 Å². The van der Waals surface area contributed by atoms with E-state index in [9.17, 15) is 13.2 Å². The van der Waals surface area contributed by atoms with Crippen LogP contribution in [0.1, 0.15) is 31.4 Å². The first-order valence-electron chi connectivity index (χ1n) is 7.11. The predicted molar refractivity (Wildman–Crippen MR) is 80.9 cm³/mol. The molecular formula is C15H20BrF3N2. The molecule has 0 spiro atoms. The molecule has 0 saturated carbocycles. The lowest BCUT2D eigenvalue weighted by molar-refractivity contribution is -0.189. The van der Waals surface area contributed by atoms with Crippen LogP contribution in [-0.4, -0.2) is 30.2 Å². The first-order chi connectivity index (χ1) is 9.79. The van der Waals surface area contributed by atoms with Gasteiger partial charge in [0.2, 0.25) is 0 Å². The highest BCUT2D eigenvalue weighted by molar-refractivity contribution is 9.10. The second kappa shape index (κ2) is 6.67. The van der Waals surface area contributed by atoms with Gasteiger partial charge in [-0.05, 0) is 44.0 Å². The van der Waals surface area contributed by atoms with Crippen molar-refractivity contribution in [1.29, 1.82) is 0 Å². The van der Waals surface area contributed by atoms with Crippen LogP contribution in [-0.2, 0) is 0 Å². The molecular weight excluding hydrogens is 345 g/mol. The largest absolute Gasteiger partial charge is 0.393 e. The summed E-state index contributed by atoms with van der Waals surface area (Å²) < 4.78 is 39.9. The fourth-order valence-corrected chi connectivity index (χ4v) is 3.48. The van der Waals surface area contributed by atoms with E-state index in [0.717, 1.165) is 10.0 Å². The maximum atomic E-state index is 13.0. The van der Waals surface area contributed by atoms with Crippen molar-refractivity contribution in [2.75, 3.05) is 13.1 Å². The fourth-order valence-electron chi connectivity index (χ4n) is 3.06. The average molecular weight is 365 g/mol. The van der Waals surface area contributed by atoms with Gasteiger partial charge in [-0.2, -0.15) is 13.2 Å². The predicted octanol–water partition coefficient (Wildman–Crippen LogP) is 4.11. The van der Waals surface area contributed by atoms with Crippen LogP contribution in [0.5, 0.6) is 0 Å².